The van der Waals surface area contributed by atoms with Gasteiger partial charge in [-0.05, 0) is 39.3 Å². The highest BCUT2D eigenvalue weighted by Gasteiger charge is 2.17. The molecule has 0 saturated carbocycles. The molecule has 0 aliphatic heterocycles. The zero-order chi connectivity index (χ0) is 14.0. The van der Waals surface area contributed by atoms with E-state index in [1.54, 1.807) is 4.90 Å². The molecule has 1 unspecified atom stereocenters. The van der Waals surface area contributed by atoms with Gasteiger partial charge in [0.2, 0.25) is 5.91 Å². The molecular formula is C14H31N3O. The van der Waals surface area contributed by atoms with Gasteiger partial charge in [-0.3, -0.25) is 9.69 Å². The lowest BCUT2D eigenvalue weighted by Crippen LogP contribution is -2.43. The Morgan fingerprint density at radius 3 is 2.39 bits per heavy atom. The van der Waals surface area contributed by atoms with Gasteiger partial charge in [-0.15, -0.1) is 0 Å². The highest BCUT2D eigenvalue weighted by molar-refractivity contribution is 5.78. The molecule has 0 aromatic carbocycles. The minimum absolute atomic E-state index is 0.208. The van der Waals surface area contributed by atoms with Crippen LogP contribution in [0.2, 0.25) is 0 Å². The van der Waals surface area contributed by atoms with E-state index in [2.05, 4.69) is 25.7 Å². The second-order valence-electron chi connectivity index (χ2n) is 5.04. The van der Waals surface area contributed by atoms with Crippen LogP contribution in [0, 0.1) is 0 Å². The largest absolute Gasteiger partial charge is 0.345 e. The van der Waals surface area contributed by atoms with E-state index in [0.717, 1.165) is 32.4 Å². The van der Waals surface area contributed by atoms with Crippen LogP contribution in [0.5, 0.6) is 0 Å². The lowest BCUT2D eigenvalue weighted by atomic mass is 10.2. The van der Waals surface area contributed by atoms with Gasteiger partial charge in [0.05, 0.1) is 6.54 Å². The number of unbranched alkanes of at least 4 members (excludes halogenated alkanes) is 1. The third kappa shape index (κ3) is 6.97. The van der Waals surface area contributed by atoms with Crippen molar-refractivity contribution in [3.8, 4) is 0 Å². The van der Waals surface area contributed by atoms with E-state index in [4.69, 9.17) is 5.73 Å². The van der Waals surface area contributed by atoms with Crippen molar-refractivity contribution in [1.29, 1.82) is 0 Å². The van der Waals surface area contributed by atoms with Gasteiger partial charge in [-0.25, -0.2) is 0 Å². The molecule has 0 aromatic heterocycles. The fourth-order valence-corrected chi connectivity index (χ4v) is 1.82. The normalized spacial score (nSPS) is 12.8. The standard InChI is InChI=1S/C14H31N3O/c1-5-7-11-17(13(3)6-2)12-14(18)16(4)10-8-9-15/h13H,5-12,15H2,1-4H3. The van der Waals surface area contributed by atoms with Crippen LogP contribution in [-0.2, 0) is 4.79 Å². The van der Waals surface area contributed by atoms with Crippen molar-refractivity contribution in [2.45, 2.75) is 52.5 Å². The second-order valence-corrected chi connectivity index (χ2v) is 5.04. The van der Waals surface area contributed by atoms with Gasteiger partial charge in [-0.1, -0.05) is 20.3 Å². The summed E-state index contributed by atoms with van der Waals surface area (Å²) in [5.74, 6) is 0.208. The molecule has 4 heteroatoms. The number of amides is 1. The summed E-state index contributed by atoms with van der Waals surface area (Å²) >= 11 is 0. The van der Waals surface area contributed by atoms with E-state index < -0.39 is 0 Å². The first kappa shape index (κ1) is 17.4. The molecule has 0 aliphatic carbocycles. The first-order valence-corrected chi connectivity index (χ1v) is 7.24. The predicted molar refractivity (Wildman–Crippen MR) is 77.5 cm³/mol. The Kier molecular flexibility index (Phi) is 9.98. The van der Waals surface area contributed by atoms with E-state index in [0.29, 0.717) is 19.1 Å². The number of nitrogens with zero attached hydrogens (tertiary/aromatic N) is 2. The van der Waals surface area contributed by atoms with E-state index in [-0.39, 0.29) is 5.91 Å². The average Bonchev–Trinajstić information content (AvgIpc) is 2.39. The SMILES string of the molecule is CCCCN(CC(=O)N(C)CCCN)C(C)CC. The summed E-state index contributed by atoms with van der Waals surface area (Å²) < 4.78 is 0. The molecule has 0 bridgehead atoms. The van der Waals surface area contributed by atoms with Crippen LogP contribution in [0.1, 0.15) is 46.5 Å². The molecule has 108 valence electrons. The van der Waals surface area contributed by atoms with Crippen LogP contribution in [0.3, 0.4) is 0 Å². The number of rotatable bonds is 10. The molecule has 0 aromatic rings. The van der Waals surface area contributed by atoms with Gasteiger partial charge in [0.15, 0.2) is 0 Å². The van der Waals surface area contributed by atoms with Gasteiger partial charge in [-0.2, -0.15) is 0 Å². The lowest BCUT2D eigenvalue weighted by Gasteiger charge is -2.29. The number of hydrogen-bond acceptors (Lipinski definition) is 3. The van der Waals surface area contributed by atoms with Crippen molar-refractivity contribution in [1.82, 2.24) is 9.80 Å². The van der Waals surface area contributed by atoms with Crippen LogP contribution < -0.4 is 5.73 Å². The molecule has 2 N–H and O–H groups in total. The Bertz CT molecular complexity index is 221. The van der Waals surface area contributed by atoms with Crippen LogP contribution in [0.15, 0.2) is 0 Å². The third-order valence-corrected chi connectivity index (χ3v) is 3.47. The summed E-state index contributed by atoms with van der Waals surface area (Å²) in [6.07, 6.45) is 4.29. The number of hydrogen-bond donors (Lipinski definition) is 1. The zero-order valence-corrected chi connectivity index (χ0v) is 12.6. The van der Waals surface area contributed by atoms with Gasteiger partial charge in [0, 0.05) is 19.6 Å². The Labute approximate surface area is 113 Å². The van der Waals surface area contributed by atoms with Crippen molar-refractivity contribution < 1.29 is 4.79 Å². The molecule has 0 fully saturated rings. The van der Waals surface area contributed by atoms with E-state index in [1.165, 1.54) is 6.42 Å². The van der Waals surface area contributed by atoms with Gasteiger partial charge < -0.3 is 10.6 Å². The minimum Gasteiger partial charge on any atom is -0.345 e. The summed E-state index contributed by atoms with van der Waals surface area (Å²) in [7, 11) is 1.87. The highest BCUT2D eigenvalue weighted by atomic mass is 16.2. The van der Waals surface area contributed by atoms with Crippen molar-refractivity contribution in [2.75, 3.05) is 33.2 Å². The predicted octanol–water partition coefficient (Wildman–Crippen LogP) is 1.69. The maximum Gasteiger partial charge on any atom is 0.236 e. The molecule has 18 heavy (non-hydrogen) atoms. The Morgan fingerprint density at radius 2 is 1.89 bits per heavy atom. The van der Waals surface area contributed by atoms with Crippen LogP contribution >= 0.6 is 0 Å². The highest BCUT2D eigenvalue weighted by Crippen LogP contribution is 2.06. The quantitative estimate of drug-likeness (QED) is 0.648. The van der Waals surface area contributed by atoms with Crippen molar-refractivity contribution in [3.05, 3.63) is 0 Å². The van der Waals surface area contributed by atoms with Crippen molar-refractivity contribution in [3.63, 3.8) is 0 Å². The first-order valence-electron chi connectivity index (χ1n) is 7.24. The average molecular weight is 257 g/mol. The van der Waals surface area contributed by atoms with Crippen LogP contribution in [0.4, 0.5) is 0 Å². The molecule has 0 aliphatic rings. The van der Waals surface area contributed by atoms with Gasteiger partial charge in [0.25, 0.3) is 0 Å². The fraction of sp³-hybridized carbons (Fsp3) is 0.929. The Hall–Kier alpha value is -0.610. The fourth-order valence-electron chi connectivity index (χ4n) is 1.82. The number of carbonyl (C=O) groups excluding carboxylic acids is 1. The second kappa shape index (κ2) is 10.3. The monoisotopic (exact) mass is 257 g/mol. The molecule has 0 spiro atoms. The molecule has 4 nitrogen and oxygen atoms in total. The number of likely N-dealkylation sites (N-methyl/N-ethyl adjacent to an activating group) is 1. The lowest BCUT2D eigenvalue weighted by molar-refractivity contribution is -0.131. The summed E-state index contributed by atoms with van der Waals surface area (Å²) in [6, 6.07) is 0.475. The molecule has 1 atom stereocenters. The zero-order valence-electron chi connectivity index (χ0n) is 12.6. The van der Waals surface area contributed by atoms with Crippen molar-refractivity contribution in [2.24, 2.45) is 5.73 Å². The smallest absolute Gasteiger partial charge is 0.236 e. The van der Waals surface area contributed by atoms with Crippen LogP contribution in [0.25, 0.3) is 0 Å². The van der Waals surface area contributed by atoms with E-state index in [9.17, 15) is 4.79 Å². The molecule has 0 heterocycles. The number of nitrogens with two attached hydrogens (primary N) is 1. The number of carbonyl (C=O) groups is 1. The van der Waals surface area contributed by atoms with E-state index in [1.807, 2.05) is 7.05 Å². The molecule has 0 rings (SSSR count). The van der Waals surface area contributed by atoms with Gasteiger partial charge >= 0.3 is 0 Å². The molecule has 0 saturated heterocycles. The summed E-state index contributed by atoms with van der Waals surface area (Å²) in [5, 5.41) is 0. The van der Waals surface area contributed by atoms with Gasteiger partial charge in [0.1, 0.15) is 0 Å². The van der Waals surface area contributed by atoms with Crippen molar-refractivity contribution >= 4 is 5.91 Å². The molecular weight excluding hydrogens is 226 g/mol. The minimum atomic E-state index is 0.208. The Balaban J connectivity index is 4.24. The first-order chi connectivity index (χ1) is 8.56. The third-order valence-electron chi connectivity index (χ3n) is 3.47. The maximum absolute atomic E-state index is 12.1. The van der Waals surface area contributed by atoms with E-state index >= 15 is 0 Å². The Morgan fingerprint density at radius 1 is 1.22 bits per heavy atom. The summed E-state index contributed by atoms with van der Waals surface area (Å²) in [4.78, 5) is 16.2. The summed E-state index contributed by atoms with van der Waals surface area (Å²) in [6.45, 7) is 9.51. The molecule has 1 amide bonds. The molecule has 0 radical (unpaired) electrons. The maximum atomic E-state index is 12.1. The topological polar surface area (TPSA) is 49.6 Å². The van der Waals surface area contributed by atoms with Crippen LogP contribution in [-0.4, -0.2) is 55.0 Å². The summed E-state index contributed by atoms with van der Waals surface area (Å²) in [5.41, 5.74) is 5.47.